The SMILES string of the molecule is CC(=O)N1CCc2cc(NC(=O)c3ccc(-c4nc(C)no4)cc3)ccc21. The Labute approximate surface area is 156 Å². The molecule has 2 heterocycles. The van der Waals surface area contributed by atoms with Gasteiger partial charge in [0.15, 0.2) is 5.82 Å². The molecule has 2 amide bonds. The Morgan fingerprint density at radius 3 is 2.59 bits per heavy atom. The molecule has 136 valence electrons. The molecule has 4 rings (SSSR count). The molecule has 0 radical (unpaired) electrons. The summed E-state index contributed by atoms with van der Waals surface area (Å²) in [5, 5.41) is 6.66. The number of aryl methyl sites for hydroxylation is 1. The van der Waals surface area contributed by atoms with Gasteiger partial charge in [-0.3, -0.25) is 9.59 Å². The third-order valence-electron chi connectivity index (χ3n) is 4.53. The maximum absolute atomic E-state index is 12.5. The Morgan fingerprint density at radius 1 is 1.15 bits per heavy atom. The van der Waals surface area contributed by atoms with Gasteiger partial charge in [-0.05, 0) is 61.4 Å². The van der Waals surface area contributed by atoms with E-state index in [9.17, 15) is 9.59 Å². The molecule has 7 nitrogen and oxygen atoms in total. The highest BCUT2D eigenvalue weighted by molar-refractivity contribution is 6.05. The number of benzene rings is 2. The number of carbonyl (C=O) groups is 2. The van der Waals surface area contributed by atoms with E-state index in [1.54, 1.807) is 43.0 Å². The monoisotopic (exact) mass is 362 g/mol. The zero-order valence-electron chi connectivity index (χ0n) is 15.0. The number of aromatic nitrogens is 2. The van der Waals surface area contributed by atoms with Gasteiger partial charge in [-0.2, -0.15) is 4.98 Å². The Morgan fingerprint density at radius 2 is 1.93 bits per heavy atom. The quantitative estimate of drug-likeness (QED) is 0.773. The van der Waals surface area contributed by atoms with E-state index in [2.05, 4.69) is 15.5 Å². The van der Waals surface area contributed by atoms with Crippen LogP contribution < -0.4 is 10.2 Å². The second-order valence-electron chi connectivity index (χ2n) is 6.44. The van der Waals surface area contributed by atoms with Gasteiger partial charge >= 0.3 is 0 Å². The van der Waals surface area contributed by atoms with Crippen LogP contribution in [-0.2, 0) is 11.2 Å². The molecule has 0 fully saturated rings. The predicted octanol–water partition coefficient (Wildman–Crippen LogP) is 3.21. The minimum Gasteiger partial charge on any atom is -0.334 e. The zero-order chi connectivity index (χ0) is 19.0. The van der Waals surface area contributed by atoms with Crippen molar-refractivity contribution in [1.29, 1.82) is 0 Å². The molecule has 1 aliphatic rings. The van der Waals surface area contributed by atoms with Crippen LogP contribution in [-0.4, -0.2) is 28.5 Å². The van der Waals surface area contributed by atoms with Crippen molar-refractivity contribution in [2.45, 2.75) is 20.3 Å². The fourth-order valence-electron chi connectivity index (χ4n) is 3.19. The van der Waals surface area contributed by atoms with Crippen LogP contribution in [0.3, 0.4) is 0 Å². The van der Waals surface area contributed by atoms with E-state index in [0.29, 0.717) is 29.5 Å². The molecule has 1 aliphatic heterocycles. The number of nitrogens with one attached hydrogen (secondary N) is 1. The second-order valence-corrected chi connectivity index (χ2v) is 6.44. The van der Waals surface area contributed by atoms with E-state index in [-0.39, 0.29) is 11.8 Å². The molecule has 27 heavy (non-hydrogen) atoms. The molecule has 1 aromatic heterocycles. The van der Waals surface area contributed by atoms with E-state index < -0.39 is 0 Å². The molecule has 0 bridgehead atoms. The zero-order valence-corrected chi connectivity index (χ0v) is 15.0. The number of anilines is 2. The lowest BCUT2D eigenvalue weighted by atomic mass is 10.1. The second kappa shape index (κ2) is 6.68. The first-order chi connectivity index (χ1) is 13.0. The van der Waals surface area contributed by atoms with Crippen molar-refractivity contribution in [2.24, 2.45) is 0 Å². The summed E-state index contributed by atoms with van der Waals surface area (Å²) >= 11 is 0. The normalized spacial score (nSPS) is 12.7. The fourth-order valence-corrected chi connectivity index (χ4v) is 3.19. The maximum Gasteiger partial charge on any atom is 0.257 e. The minimum absolute atomic E-state index is 0.0297. The molecule has 1 N–H and O–H groups in total. The Balaban J connectivity index is 1.49. The molecule has 0 saturated heterocycles. The van der Waals surface area contributed by atoms with Gasteiger partial charge in [0, 0.05) is 36.0 Å². The van der Waals surface area contributed by atoms with Gasteiger partial charge in [0.2, 0.25) is 5.91 Å². The van der Waals surface area contributed by atoms with Crippen LogP contribution in [0, 0.1) is 6.92 Å². The van der Waals surface area contributed by atoms with Crippen molar-refractivity contribution in [3.05, 3.63) is 59.4 Å². The first-order valence-electron chi connectivity index (χ1n) is 8.64. The van der Waals surface area contributed by atoms with Gasteiger partial charge in [0.05, 0.1) is 0 Å². The number of carbonyl (C=O) groups excluding carboxylic acids is 2. The van der Waals surface area contributed by atoms with Crippen LogP contribution in [0.15, 0.2) is 47.0 Å². The van der Waals surface area contributed by atoms with Crippen LogP contribution in [0.2, 0.25) is 0 Å². The third kappa shape index (κ3) is 3.31. The van der Waals surface area contributed by atoms with Crippen LogP contribution in [0.1, 0.15) is 28.7 Å². The van der Waals surface area contributed by atoms with E-state index >= 15 is 0 Å². The van der Waals surface area contributed by atoms with Gasteiger partial charge in [0.1, 0.15) is 0 Å². The van der Waals surface area contributed by atoms with E-state index in [4.69, 9.17) is 4.52 Å². The molecule has 0 atom stereocenters. The molecule has 3 aromatic rings. The third-order valence-corrected chi connectivity index (χ3v) is 4.53. The molecule has 2 aromatic carbocycles. The summed E-state index contributed by atoms with van der Waals surface area (Å²) in [4.78, 5) is 30.1. The van der Waals surface area contributed by atoms with Crippen LogP contribution >= 0.6 is 0 Å². The first kappa shape index (κ1) is 17.0. The van der Waals surface area contributed by atoms with Gasteiger partial charge in [0.25, 0.3) is 11.8 Å². The molecular weight excluding hydrogens is 344 g/mol. The first-order valence-corrected chi connectivity index (χ1v) is 8.64. The summed E-state index contributed by atoms with van der Waals surface area (Å²) < 4.78 is 5.12. The Kier molecular flexibility index (Phi) is 4.19. The average molecular weight is 362 g/mol. The summed E-state index contributed by atoms with van der Waals surface area (Å²) in [6.45, 7) is 3.99. The highest BCUT2D eigenvalue weighted by Gasteiger charge is 2.22. The van der Waals surface area contributed by atoms with Crippen molar-refractivity contribution in [2.75, 3.05) is 16.8 Å². The fraction of sp³-hybridized carbons (Fsp3) is 0.200. The Hall–Kier alpha value is -3.48. The summed E-state index contributed by atoms with van der Waals surface area (Å²) in [6.07, 6.45) is 0.789. The summed E-state index contributed by atoms with van der Waals surface area (Å²) in [7, 11) is 0. The highest BCUT2D eigenvalue weighted by atomic mass is 16.5. The summed E-state index contributed by atoms with van der Waals surface area (Å²) in [5.74, 6) is 0.812. The van der Waals surface area contributed by atoms with Crippen molar-refractivity contribution in [3.8, 4) is 11.5 Å². The average Bonchev–Trinajstić information content (AvgIpc) is 3.27. The lowest BCUT2D eigenvalue weighted by Crippen LogP contribution is -2.25. The van der Waals surface area contributed by atoms with Crippen molar-refractivity contribution < 1.29 is 14.1 Å². The van der Waals surface area contributed by atoms with Crippen LogP contribution in [0.4, 0.5) is 11.4 Å². The molecule has 7 heteroatoms. The standard InChI is InChI=1S/C20H18N4O3/c1-12-21-20(27-23-12)15-5-3-14(4-6-15)19(26)22-17-7-8-18-16(11-17)9-10-24(18)13(2)25/h3-8,11H,9-10H2,1-2H3,(H,22,26). The van der Waals surface area contributed by atoms with Gasteiger partial charge < -0.3 is 14.7 Å². The molecule has 0 unspecified atom stereocenters. The summed E-state index contributed by atoms with van der Waals surface area (Å²) in [5.41, 5.74) is 3.97. The topological polar surface area (TPSA) is 88.3 Å². The predicted molar refractivity (Wildman–Crippen MR) is 101 cm³/mol. The number of fused-ring (bicyclic) bond motifs is 1. The van der Waals surface area contributed by atoms with Gasteiger partial charge in [-0.1, -0.05) is 5.16 Å². The van der Waals surface area contributed by atoms with E-state index in [0.717, 1.165) is 23.2 Å². The molecule has 0 saturated carbocycles. The van der Waals surface area contributed by atoms with Crippen LogP contribution in [0.25, 0.3) is 11.5 Å². The van der Waals surface area contributed by atoms with Crippen molar-refractivity contribution in [1.82, 2.24) is 10.1 Å². The molecule has 0 aliphatic carbocycles. The Bertz CT molecular complexity index is 1020. The van der Waals surface area contributed by atoms with E-state index in [1.165, 1.54) is 0 Å². The van der Waals surface area contributed by atoms with Crippen LogP contribution in [0.5, 0.6) is 0 Å². The summed E-state index contributed by atoms with van der Waals surface area (Å²) in [6, 6.07) is 12.6. The molecular formula is C20H18N4O3. The number of hydrogen-bond acceptors (Lipinski definition) is 5. The van der Waals surface area contributed by atoms with E-state index in [1.807, 2.05) is 18.2 Å². The maximum atomic E-state index is 12.5. The number of hydrogen-bond donors (Lipinski definition) is 1. The van der Waals surface area contributed by atoms with Gasteiger partial charge in [-0.25, -0.2) is 0 Å². The molecule has 0 spiro atoms. The highest BCUT2D eigenvalue weighted by Crippen LogP contribution is 2.30. The number of rotatable bonds is 3. The lowest BCUT2D eigenvalue weighted by Gasteiger charge is -2.15. The number of nitrogens with zero attached hydrogens (tertiary/aromatic N) is 3. The number of amides is 2. The van der Waals surface area contributed by atoms with Gasteiger partial charge in [-0.15, -0.1) is 0 Å². The lowest BCUT2D eigenvalue weighted by molar-refractivity contribution is -0.116. The smallest absolute Gasteiger partial charge is 0.257 e. The largest absolute Gasteiger partial charge is 0.334 e. The minimum atomic E-state index is -0.204. The van der Waals surface area contributed by atoms with Crippen molar-refractivity contribution >= 4 is 23.2 Å². The van der Waals surface area contributed by atoms with Crippen molar-refractivity contribution in [3.63, 3.8) is 0 Å².